The van der Waals surface area contributed by atoms with Crippen LogP contribution in [0.15, 0.2) is 29.2 Å². The number of nitrogens with zero attached hydrogens (tertiary/aromatic N) is 1. The zero-order valence-corrected chi connectivity index (χ0v) is 14.9. The molecule has 0 radical (unpaired) electrons. The summed E-state index contributed by atoms with van der Waals surface area (Å²) in [7, 11) is 0. The minimum atomic E-state index is -1.27. The molecule has 1 aliphatic heterocycles. The van der Waals surface area contributed by atoms with Crippen LogP contribution in [0.25, 0.3) is 6.08 Å². The van der Waals surface area contributed by atoms with E-state index in [4.69, 9.17) is 12.2 Å². The van der Waals surface area contributed by atoms with Crippen LogP contribution in [-0.2, 0) is 9.59 Å². The Morgan fingerprint density at radius 1 is 1.48 bits per heavy atom. The molecular formula is C17H18NO3S2-. The number of rotatable bonds is 5. The lowest BCUT2D eigenvalue weighted by Crippen LogP contribution is -2.53. The first-order valence-electron chi connectivity index (χ1n) is 7.39. The van der Waals surface area contributed by atoms with Gasteiger partial charge in [0.2, 0.25) is 0 Å². The minimum absolute atomic E-state index is 0.235. The summed E-state index contributed by atoms with van der Waals surface area (Å²) in [6.07, 6.45) is 2.36. The van der Waals surface area contributed by atoms with Crippen LogP contribution in [0.3, 0.4) is 0 Å². The van der Waals surface area contributed by atoms with Crippen molar-refractivity contribution in [3.05, 3.63) is 40.3 Å². The Morgan fingerprint density at radius 2 is 2.17 bits per heavy atom. The molecule has 0 bridgehead atoms. The number of carbonyl (C=O) groups excluding carboxylic acids is 2. The molecule has 0 aliphatic carbocycles. The Labute approximate surface area is 145 Å². The molecule has 23 heavy (non-hydrogen) atoms. The predicted molar refractivity (Wildman–Crippen MR) is 94.4 cm³/mol. The van der Waals surface area contributed by atoms with Crippen LogP contribution in [0.2, 0.25) is 0 Å². The first kappa shape index (κ1) is 17.7. The van der Waals surface area contributed by atoms with Crippen molar-refractivity contribution >= 4 is 46.3 Å². The van der Waals surface area contributed by atoms with E-state index < -0.39 is 12.0 Å². The first-order valence-corrected chi connectivity index (χ1v) is 8.62. The average molecular weight is 348 g/mol. The molecule has 0 unspecified atom stereocenters. The number of benzene rings is 1. The van der Waals surface area contributed by atoms with Crippen molar-refractivity contribution in [1.29, 1.82) is 0 Å². The maximum Gasteiger partial charge on any atom is 0.266 e. The van der Waals surface area contributed by atoms with Crippen molar-refractivity contribution < 1.29 is 14.7 Å². The molecule has 1 aliphatic rings. The van der Waals surface area contributed by atoms with E-state index >= 15 is 0 Å². The van der Waals surface area contributed by atoms with Gasteiger partial charge in [-0.05, 0) is 24.5 Å². The highest BCUT2D eigenvalue weighted by Gasteiger charge is 2.39. The van der Waals surface area contributed by atoms with Gasteiger partial charge in [0, 0.05) is 0 Å². The molecule has 0 spiro atoms. The van der Waals surface area contributed by atoms with Crippen molar-refractivity contribution in [2.45, 2.75) is 33.2 Å². The molecule has 1 aromatic carbocycles. The molecule has 0 N–H and O–H groups in total. The summed E-state index contributed by atoms with van der Waals surface area (Å²) in [6, 6.07) is 6.70. The normalized spacial score (nSPS) is 19.3. The Kier molecular flexibility index (Phi) is 5.59. The first-order chi connectivity index (χ1) is 10.8. The third-order valence-corrected chi connectivity index (χ3v) is 5.20. The quantitative estimate of drug-likeness (QED) is 0.604. The number of carboxylic acid groups (broad SMARTS) is 1. The van der Waals surface area contributed by atoms with Crippen LogP contribution in [0.4, 0.5) is 0 Å². The third-order valence-electron chi connectivity index (χ3n) is 3.87. The van der Waals surface area contributed by atoms with Crippen LogP contribution < -0.4 is 5.11 Å². The topological polar surface area (TPSA) is 60.4 Å². The molecule has 2 rings (SSSR count). The molecule has 122 valence electrons. The number of carboxylic acids is 1. The van der Waals surface area contributed by atoms with Crippen LogP contribution in [0, 0.1) is 12.8 Å². The molecule has 4 nitrogen and oxygen atoms in total. The third kappa shape index (κ3) is 3.82. The van der Waals surface area contributed by atoms with E-state index in [-0.39, 0.29) is 16.1 Å². The maximum absolute atomic E-state index is 12.6. The summed E-state index contributed by atoms with van der Waals surface area (Å²) in [5, 5.41) is 11.5. The fourth-order valence-electron chi connectivity index (χ4n) is 2.45. The lowest BCUT2D eigenvalue weighted by molar-refractivity contribution is -0.311. The highest BCUT2D eigenvalue weighted by Crippen LogP contribution is 2.35. The van der Waals surface area contributed by atoms with Gasteiger partial charge in [-0.1, -0.05) is 74.1 Å². The molecular weight excluding hydrogens is 330 g/mol. The molecule has 1 amide bonds. The summed E-state index contributed by atoms with van der Waals surface area (Å²) >= 11 is 6.37. The average Bonchev–Trinajstić information content (AvgIpc) is 2.75. The number of amides is 1. The number of aliphatic carboxylic acids is 1. The van der Waals surface area contributed by atoms with Gasteiger partial charge in [0.05, 0.1) is 16.9 Å². The molecule has 2 atom stereocenters. The number of hydrogen-bond donors (Lipinski definition) is 0. The standard InChI is InChI=1S/C17H19NO3S2/c1-4-11(3)14(16(20)21)18-15(19)13(23-17(18)22)9-12-7-5-6-10(2)8-12/h5-9,11,14H,4H2,1-3H3,(H,20,21)/p-1/b13-9-/t11-,14-/m0/s1. The lowest BCUT2D eigenvalue weighted by Gasteiger charge is -2.32. The molecule has 1 aromatic rings. The predicted octanol–water partition coefficient (Wildman–Crippen LogP) is 2.36. The van der Waals surface area contributed by atoms with Crippen molar-refractivity contribution in [3.8, 4) is 0 Å². The largest absolute Gasteiger partial charge is 0.548 e. The van der Waals surface area contributed by atoms with Crippen molar-refractivity contribution in [2.24, 2.45) is 5.92 Å². The van der Waals surface area contributed by atoms with E-state index in [1.807, 2.05) is 38.1 Å². The van der Waals surface area contributed by atoms with Crippen molar-refractivity contribution in [1.82, 2.24) is 4.90 Å². The van der Waals surface area contributed by atoms with Gasteiger partial charge in [-0.25, -0.2) is 0 Å². The summed E-state index contributed by atoms with van der Waals surface area (Å²) in [4.78, 5) is 25.7. The summed E-state index contributed by atoms with van der Waals surface area (Å²) < 4.78 is 0.267. The van der Waals surface area contributed by atoms with Gasteiger partial charge in [0.15, 0.2) is 0 Å². The number of thiocarbonyl (C=S) groups is 1. The molecule has 1 saturated heterocycles. The maximum atomic E-state index is 12.6. The number of aryl methyl sites for hydroxylation is 1. The number of hydrogen-bond acceptors (Lipinski definition) is 5. The monoisotopic (exact) mass is 348 g/mol. The molecule has 0 aromatic heterocycles. The zero-order valence-electron chi connectivity index (χ0n) is 13.2. The van der Waals surface area contributed by atoms with E-state index in [1.165, 1.54) is 4.90 Å². The van der Waals surface area contributed by atoms with Crippen LogP contribution >= 0.6 is 24.0 Å². The van der Waals surface area contributed by atoms with E-state index in [0.717, 1.165) is 22.9 Å². The molecule has 6 heteroatoms. The zero-order chi connectivity index (χ0) is 17.1. The fourth-order valence-corrected chi connectivity index (χ4v) is 3.78. The van der Waals surface area contributed by atoms with Gasteiger partial charge in [0.25, 0.3) is 5.91 Å². The molecule has 1 heterocycles. The Hall–Kier alpha value is -1.66. The summed E-state index contributed by atoms with van der Waals surface area (Å²) in [6.45, 7) is 5.63. The van der Waals surface area contributed by atoms with E-state index in [2.05, 4.69) is 0 Å². The SMILES string of the molecule is CC[C@H](C)[C@@H](C(=O)[O-])N1C(=O)/C(=C/c2cccc(C)c2)SC1=S. The highest BCUT2D eigenvalue weighted by atomic mass is 32.2. The Morgan fingerprint density at radius 3 is 2.74 bits per heavy atom. The van der Waals surface area contributed by atoms with Gasteiger partial charge in [-0.15, -0.1) is 0 Å². The van der Waals surface area contributed by atoms with Gasteiger partial charge in [0.1, 0.15) is 4.32 Å². The summed E-state index contributed by atoms with van der Waals surface area (Å²) in [5.74, 6) is -1.87. The Balaban J connectivity index is 2.34. The number of thioether (sulfide) groups is 1. The van der Waals surface area contributed by atoms with Crippen LogP contribution in [0.1, 0.15) is 31.4 Å². The van der Waals surface area contributed by atoms with E-state index in [1.54, 1.807) is 13.0 Å². The number of carbonyl (C=O) groups is 2. The second-order valence-electron chi connectivity index (χ2n) is 5.62. The second-order valence-corrected chi connectivity index (χ2v) is 7.29. The van der Waals surface area contributed by atoms with Crippen LogP contribution in [-0.4, -0.2) is 27.1 Å². The summed E-state index contributed by atoms with van der Waals surface area (Å²) in [5.41, 5.74) is 1.97. The second kappa shape index (κ2) is 7.27. The molecule has 0 saturated carbocycles. The fraction of sp³-hybridized carbons (Fsp3) is 0.353. The minimum Gasteiger partial charge on any atom is -0.548 e. The van der Waals surface area contributed by atoms with Gasteiger partial charge < -0.3 is 9.90 Å². The van der Waals surface area contributed by atoms with Crippen molar-refractivity contribution in [2.75, 3.05) is 0 Å². The van der Waals surface area contributed by atoms with E-state index in [9.17, 15) is 14.7 Å². The lowest BCUT2D eigenvalue weighted by atomic mass is 9.98. The van der Waals surface area contributed by atoms with Gasteiger partial charge >= 0.3 is 0 Å². The van der Waals surface area contributed by atoms with Gasteiger partial charge in [-0.2, -0.15) is 0 Å². The van der Waals surface area contributed by atoms with Crippen molar-refractivity contribution in [3.63, 3.8) is 0 Å². The highest BCUT2D eigenvalue weighted by molar-refractivity contribution is 8.26. The molecule has 1 fully saturated rings. The Bertz CT molecular complexity index is 684. The van der Waals surface area contributed by atoms with Gasteiger partial charge in [-0.3, -0.25) is 9.69 Å². The van der Waals surface area contributed by atoms with E-state index in [0.29, 0.717) is 11.3 Å². The van der Waals surface area contributed by atoms with Crippen LogP contribution in [0.5, 0.6) is 0 Å². The smallest absolute Gasteiger partial charge is 0.266 e.